The standard InChI is InChI=1S/C11H13ClFN3O3/c12-7-5-9(10(16(18)19)6-8(7)13)15-4-2-1-3-11(14)17/h5-6,15H,1-4H2,(H2,14,17). The molecule has 0 bridgehead atoms. The van der Waals surface area contributed by atoms with E-state index >= 15 is 0 Å². The molecular weight excluding hydrogens is 277 g/mol. The SMILES string of the molecule is NC(=O)CCCCNc1cc(Cl)c(F)cc1[N+](=O)[O-]. The van der Waals surface area contributed by atoms with Gasteiger partial charge in [-0.2, -0.15) is 0 Å². The van der Waals surface area contributed by atoms with Crippen molar-refractivity contribution in [2.24, 2.45) is 5.73 Å². The number of hydrogen-bond donors (Lipinski definition) is 2. The summed E-state index contributed by atoms with van der Waals surface area (Å²) in [4.78, 5) is 20.6. The number of carbonyl (C=O) groups is 1. The fourth-order valence-electron chi connectivity index (χ4n) is 1.48. The number of nitro benzene ring substituents is 1. The van der Waals surface area contributed by atoms with Crippen LogP contribution < -0.4 is 11.1 Å². The van der Waals surface area contributed by atoms with Gasteiger partial charge in [0, 0.05) is 13.0 Å². The topological polar surface area (TPSA) is 98.3 Å². The Kier molecular flexibility index (Phi) is 5.50. The van der Waals surface area contributed by atoms with Crippen LogP contribution in [0.15, 0.2) is 12.1 Å². The van der Waals surface area contributed by atoms with Gasteiger partial charge in [-0.1, -0.05) is 11.6 Å². The Morgan fingerprint density at radius 1 is 1.47 bits per heavy atom. The molecule has 1 amide bonds. The van der Waals surface area contributed by atoms with E-state index in [4.69, 9.17) is 17.3 Å². The lowest BCUT2D eigenvalue weighted by molar-refractivity contribution is -0.384. The molecule has 0 heterocycles. The maximum Gasteiger partial charge on any atom is 0.295 e. The molecule has 1 aromatic rings. The number of halogens is 2. The third-order valence-electron chi connectivity index (χ3n) is 2.40. The molecule has 0 aromatic heterocycles. The summed E-state index contributed by atoms with van der Waals surface area (Å²) in [6, 6.07) is 1.94. The Labute approximate surface area is 113 Å². The second kappa shape index (κ2) is 6.89. The lowest BCUT2D eigenvalue weighted by Crippen LogP contribution is -2.11. The van der Waals surface area contributed by atoms with Gasteiger partial charge in [-0.15, -0.1) is 0 Å². The molecule has 1 rings (SSSR count). The van der Waals surface area contributed by atoms with Crippen LogP contribution in [0.3, 0.4) is 0 Å². The van der Waals surface area contributed by atoms with Crippen molar-refractivity contribution in [2.45, 2.75) is 19.3 Å². The van der Waals surface area contributed by atoms with Crippen LogP contribution in [-0.4, -0.2) is 17.4 Å². The highest BCUT2D eigenvalue weighted by Gasteiger charge is 2.17. The van der Waals surface area contributed by atoms with E-state index in [2.05, 4.69) is 5.32 Å². The first-order valence-electron chi connectivity index (χ1n) is 5.57. The Morgan fingerprint density at radius 2 is 2.16 bits per heavy atom. The first-order valence-corrected chi connectivity index (χ1v) is 5.95. The summed E-state index contributed by atoms with van der Waals surface area (Å²) >= 11 is 5.57. The van der Waals surface area contributed by atoms with Crippen LogP contribution in [0.5, 0.6) is 0 Å². The van der Waals surface area contributed by atoms with Gasteiger partial charge in [-0.05, 0) is 18.9 Å². The van der Waals surface area contributed by atoms with Crippen LogP contribution in [0.1, 0.15) is 19.3 Å². The van der Waals surface area contributed by atoms with Gasteiger partial charge in [0.05, 0.1) is 16.0 Å². The fraction of sp³-hybridized carbons (Fsp3) is 0.364. The summed E-state index contributed by atoms with van der Waals surface area (Å²) in [6.45, 7) is 0.399. The zero-order chi connectivity index (χ0) is 14.4. The number of amides is 1. The molecule has 0 unspecified atom stereocenters. The van der Waals surface area contributed by atoms with Crippen molar-refractivity contribution in [3.05, 3.63) is 33.1 Å². The molecule has 0 aliphatic heterocycles. The highest BCUT2D eigenvalue weighted by atomic mass is 35.5. The predicted molar refractivity (Wildman–Crippen MR) is 69.6 cm³/mol. The van der Waals surface area contributed by atoms with E-state index in [9.17, 15) is 19.3 Å². The lowest BCUT2D eigenvalue weighted by atomic mass is 10.2. The zero-order valence-corrected chi connectivity index (χ0v) is 10.7. The first-order chi connectivity index (χ1) is 8.91. The number of carbonyl (C=O) groups excluding carboxylic acids is 1. The predicted octanol–water partition coefficient (Wildman–Crippen LogP) is 2.45. The summed E-state index contributed by atoms with van der Waals surface area (Å²) in [5.74, 6) is -1.23. The average Bonchev–Trinajstić information content (AvgIpc) is 2.32. The van der Waals surface area contributed by atoms with Gasteiger partial charge < -0.3 is 11.1 Å². The number of hydrogen-bond acceptors (Lipinski definition) is 4. The average molecular weight is 290 g/mol. The van der Waals surface area contributed by atoms with Gasteiger partial charge in [0.25, 0.3) is 5.69 Å². The number of primary amides is 1. The van der Waals surface area contributed by atoms with Crippen LogP contribution in [0.2, 0.25) is 5.02 Å². The molecule has 0 aliphatic carbocycles. The molecule has 6 nitrogen and oxygen atoms in total. The number of benzene rings is 1. The molecular formula is C11H13ClFN3O3. The van der Waals surface area contributed by atoms with Crippen molar-refractivity contribution in [1.29, 1.82) is 0 Å². The van der Waals surface area contributed by atoms with Gasteiger partial charge >= 0.3 is 0 Å². The molecule has 104 valence electrons. The lowest BCUT2D eigenvalue weighted by Gasteiger charge is -2.07. The van der Waals surface area contributed by atoms with Gasteiger partial charge in [0.15, 0.2) is 0 Å². The molecule has 0 atom stereocenters. The van der Waals surface area contributed by atoms with E-state index in [0.717, 1.165) is 6.07 Å². The minimum absolute atomic E-state index is 0.149. The number of nitrogens with zero attached hydrogens (tertiary/aromatic N) is 1. The summed E-state index contributed by atoms with van der Waals surface area (Å²) in [5.41, 5.74) is 4.75. The summed E-state index contributed by atoms with van der Waals surface area (Å²) < 4.78 is 13.1. The van der Waals surface area contributed by atoms with Crippen molar-refractivity contribution in [3.63, 3.8) is 0 Å². The van der Waals surface area contributed by atoms with Crippen molar-refractivity contribution in [3.8, 4) is 0 Å². The molecule has 3 N–H and O–H groups in total. The normalized spacial score (nSPS) is 10.2. The second-order valence-electron chi connectivity index (χ2n) is 3.89. The zero-order valence-electron chi connectivity index (χ0n) is 9.99. The minimum atomic E-state index is -0.840. The van der Waals surface area contributed by atoms with Crippen molar-refractivity contribution in [1.82, 2.24) is 0 Å². The Hall–Kier alpha value is -1.89. The maximum absolute atomic E-state index is 13.1. The quantitative estimate of drug-likeness (QED) is 0.457. The fourth-order valence-corrected chi connectivity index (χ4v) is 1.64. The molecule has 19 heavy (non-hydrogen) atoms. The number of nitro groups is 1. The number of rotatable bonds is 7. The molecule has 0 fully saturated rings. The summed E-state index contributed by atoms with van der Waals surface area (Å²) in [7, 11) is 0. The Bertz CT molecular complexity index is 496. The first kappa shape index (κ1) is 15.2. The van der Waals surface area contributed by atoms with Gasteiger partial charge in [-0.3, -0.25) is 14.9 Å². The molecule has 0 spiro atoms. The van der Waals surface area contributed by atoms with E-state index in [1.807, 2.05) is 0 Å². The number of nitrogens with one attached hydrogen (secondary N) is 1. The van der Waals surface area contributed by atoms with Crippen LogP contribution >= 0.6 is 11.6 Å². The minimum Gasteiger partial charge on any atom is -0.379 e. The van der Waals surface area contributed by atoms with Crippen molar-refractivity contribution >= 4 is 28.9 Å². The summed E-state index contributed by atoms with van der Waals surface area (Å²) in [5, 5.41) is 13.4. The van der Waals surface area contributed by atoms with E-state index in [1.165, 1.54) is 6.07 Å². The highest BCUT2D eigenvalue weighted by Crippen LogP contribution is 2.30. The molecule has 0 saturated carbocycles. The highest BCUT2D eigenvalue weighted by molar-refractivity contribution is 6.31. The molecule has 8 heteroatoms. The molecule has 0 aliphatic rings. The monoisotopic (exact) mass is 289 g/mol. The van der Waals surface area contributed by atoms with E-state index in [0.29, 0.717) is 19.4 Å². The summed E-state index contributed by atoms with van der Waals surface area (Å²) in [6.07, 6.45) is 1.44. The van der Waals surface area contributed by atoms with E-state index in [1.54, 1.807) is 0 Å². The van der Waals surface area contributed by atoms with Gasteiger partial charge in [-0.25, -0.2) is 4.39 Å². The Morgan fingerprint density at radius 3 is 2.74 bits per heavy atom. The second-order valence-corrected chi connectivity index (χ2v) is 4.30. The molecule has 0 radical (unpaired) electrons. The van der Waals surface area contributed by atoms with E-state index in [-0.39, 0.29) is 22.8 Å². The Balaban J connectivity index is 2.64. The van der Waals surface area contributed by atoms with Crippen LogP contribution in [-0.2, 0) is 4.79 Å². The number of nitrogens with two attached hydrogens (primary N) is 1. The van der Waals surface area contributed by atoms with E-state index < -0.39 is 16.6 Å². The maximum atomic E-state index is 13.1. The van der Waals surface area contributed by atoms with Crippen molar-refractivity contribution in [2.75, 3.05) is 11.9 Å². The van der Waals surface area contributed by atoms with Gasteiger partial charge in [0.2, 0.25) is 5.91 Å². The largest absolute Gasteiger partial charge is 0.379 e. The van der Waals surface area contributed by atoms with Gasteiger partial charge in [0.1, 0.15) is 11.5 Å². The number of unbranched alkanes of at least 4 members (excludes halogenated alkanes) is 1. The van der Waals surface area contributed by atoms with Crippen LogP contribution in [0, 0.1) is 15.9 Å². The smallest absolute Gasteiger partial charge is 0.295 e. The van der Waals surface area contributed by atoms with Crippen LogP contribution in [0.4, 0.5) is 15.8 Å². The van der Waals surface area contributed by atoms with Crippen LogP contribution in [0.25, 0.3) is 0 Å². The number of anilines is 1. The third kappa shape index (κ3) is 4.70. The third-order valence-corrected chi connectivity index (χ3v) is 2.69. The molecule has 0 saturated heterocycles. The van der Waals surface area contributed by atoms with Crippen molar-refractivity contribution < 1.29 is 14.1 Å². The molecule has 1 aromatic carbocycles.